The van der Waals surface area contributed by atoms with Crippen molar-refractivity contribution in [2.24, 2.45) is 0 Å². The highest BCUT2D eigenvalue weighted by atomic mass is 16.6. The first-order valence-electron chi connectivity index (χ1n) is 9.98. The lowest BCUT2D eigenvalue weighted by Crippen LogP contribution is -2.06. The van der Waals surface area contributed by atoms with Crippen molar-refractivity contribution in [3.63, 3.8) is 0 Å². The first-order chi connectivity index (χ1) is 14.6. The predicted molar refractivity (Wildman–Crippen MR) is 117 cm³/mol. The predicted octanol–water partition coefficient (Wildman–Crippen LogP) is 4.69. The molecule has 2 aromatic heterocycles. The Balaban J connectivity index is 1.69. The minimum absolute atomic E-state index is 0.0898. The monoisotopic (exact) mass is 402 g/mol. The van der Waals surface area contributed by atoms with Gasteiger partial charge >= 0.3 is 0 Å². The lowest BCUT2D eigenvalue weighted by atomic mass is 10.0. The third-order valence-corrected chi connectivity index (χ3v) is 5.22. The Hall–Kier alpha value is -3.74. The number of aryl methyl sites for hydroxylation is 1. The summed E-state index contributed by atoms with van der Waals surface area (Å²) < 4.78 is 2.08. The van der Waals surface area contributed by atoms with E-state index in [0.717, 1.165) is 41.7 Å². The smallest absolute Gasteiger partial charge is 0.277 e. The number of nitrogens with zero attached hydrogens (tertiary/aromatic N) is 3. The van der Waals surface area contributed by atoms with Gasteiger partial charge in [-0.05, 0) is 29.7 Å². The first-order valence-corrected chi connectivity index (χ1v) is 9.98. The van der Waals surface area contributed by atoms with E-state index in [2.05, 4.69) is 21.5 Å². The zero-order valence-corrected chi connectivity index (χ0v) is 16.7. The molecule has 0 unspecified atom stereocenters. The summed E-state index contributed by atoms with van der Waals surface area (Å²) in [6, 6.07) is 16.3. The van der Waals surface area contributed by atoms with Gasteiger partial charge in [-0.3, -0.25) is 14.9 Å². The summed E-state index contributed by atoms with van der Waals surface area (Å²) in [4.78, 5) is 30.4. The molecule has 152 valence electrons. The minimum Gasteiger partial charge on any atom is -0.327 e. The van der Waals surface area contributed by atoms with Crippen molar-refractivity contribution in [3.8, 4) is 11.1 Å². The van der Waals surface area contributed by atoms with E-state index in [1.165, 1.54) is 6.07 Å². The van der Waals surface area contributed by atoms with Crippen molar-refractivity contribution in [2.75, 3.05) is 0 Å². The number of aromatic amines is 1. The molecule has 7 heteroatoms. The van der Waals surface area contributed by atoms with Gasteiger partial charge in [-0.1, -0.05) is 49.7 Å². The molecule has 0 atom stereocenters. The summed E-state index contributed by atoms with van der Waals surface area (Å²) >= 11 is 0. The van der Waals surface area contributed by atoms with Crippen LogP contribution in [0.15, 0.2) is 65.6 Å². The maximum Gasteiger partial charge on any atom is 0.277 e. The summed E-state index contributed by atoms with van der Waals surface area (Å²) in [6.07, 6.45) is 4.49. The van der Waals surface area contributed by atoms with E-state index in [9.17, 15) is 14.9 Å². The first kappa shape index (κ1) is 19.6. The largest absolute Gasteiger partial charge is 0.327 e. The average molecular weight is 402 g/mol. The van der Waals surface area contributed by atoms with Crippen molar-refractivity contribution in [2.45, 2.75) is 32.7 Å². The van der Waals surface area contributed by atoms with Gasteiger partial charge in [0.05, 0.1) is 16.0 Å². The number of nitro groups is 1. The second-order valence-corrected chi connectivity index (χ2v) is 7.23. The summed E-state index contributed by atoms with van der Waals surface area (Å²) in [7, 11) is 0. The summed E-state index contributed by atoms with van der Waals surface area (Å²) in [6.45, 7) is 2.71. The van der Waals surface area contributed by atoms with Crippen LogP contribution in [0.5, 0.6) is 0 Å². The maximum absolute atomic E-state index is 12.2. The highest BCUT2D eigenvalue weighted by molar-refractivity contribution is 5.75. The molecule has 2 heterocycles. The van der Waals surface area contributed by atoms with Crippen molar-refractivity contribution in [3.05, 3.63) is 92.7 Å². The van der Waals surface area contributed by atoms with Crippen LogP contribution in [0.2, 0.25) is 0 Å². The van der Waals surface area contributed by atoms with Gasteiger partial charge in [-0.2, -0.15) is 0 Å². The van der Waals surface area contributed by atoms with Gasteiger partial charge in [0.1, 0.15) is 5.82 Å². The Morgan fingerprint density at radius 3 is 2.60 bits per heavy atom. The number of para-hydroxylation sites is 1. The topological polar surface area (TPSA) is 93.8 Å². The fourth-order valence-corrected chi connectivity index (χ4v) is 3.67. The second kappa shape index (κ2) is 8.32. The van der Waals surface area contributed by atoms with Gasteiger partial charge in [0.25, 0.3) is 11.2 Å². The van der Waals surface area contributed by atoms with Crippen LogP contribution in [0.25, 0.3) is 22.2 Å². The second-order valence-electron chi connectivity index (χ2n) is 7.23. The van der Waals surface area contributed by atoms with Gasteiger partial charge in [-0.15, -0.1) is 0 Å². The van der Waals surface area contributed by atoms with E-state index in [0.29, 0.717) is 17.6 Å². The SMILES string of the molecule is CCCCc1nc2c(=O)[nH]ccc2n1Cc1ccc(-c2ccccc2[N+](=O)[O-])cc1. The number of hydrogen-bond acceptors (Lipinski definition) is 4. The van der Waals surface area contributed by atoms with Gasteiger partial charge in [0.15, 0.2) is 5.52 Å². The number of unbranched alkanes of at least 4 members (excludes halogenated alkanes) is 1. The van der Waals surface area contributed by atoms with E-state index in [1.807, 2.05) is 30.3 Å². The van der Waals surface area contributed by atoms with Gasteiger partial charge in [0.2, 0.25) is 0 Å². The zero-order valence-electron chi connectivity index (χ0n) is 16.7. The number of fused-ring (bicyclic) bond motifs is 1. The van der Waals surface area contributed by atoms with E-state index in [1.54, 1.807) is 24.4 Å². The van der Waals surface area contributed by atoms with Crippen LogP contribution in [-0.4, -0.2) is 19.5 Å². The number of aromatic nitrogens is 3. The van der Waals surface area contributed by atoms with Crippen LogP contribution in [0, 0.1) is 10.1 Å². The molecule has 2 aromatic carbocycles. The Morgan fingerprint density at radius 1 is 1.10 bits per heavy atom. The number of H-pyrrole nitrogens is 1. The highest BCUT2D eigenvalue weighted by Crippen LogP contribution is 2.29. The molecule has 0 spiro atoms. The lowest BCUT2D eigenvalue weighted by Gasteiger charge is -2.10. The molecular weight excluding hydrogens is 380 g/mol. The van der Waals surface area contributed by atoms with Crippen molar-refractivity contribution >= 4 is 16.7 Å². The molecule has 0 fully saturated rings. The number of pyridine rings is 1. The van der Waals surface area contributed by atoms with Crippen LogP contribution in [0.4, 0.5) is 5.69 Å². The molecule has 7 nitrogen and oxygen atoms in total. The van der Waals surface area contributed by atoms with E-state index < -0.39 is 0 Å². The van der Waals surface area contributed by atoms with Crippen molar-refractivity contribution in [1.29, 1.82) is 0 Å². The molecule has 4 rings (SSSR count). The average Bonchev–Trinajstić information content (AvgIpc) is 3.11. The lowest BCUT2D eigenvalue weighted by molar-refractivity contribution is -0.384. The van der Waals surface area contributed by atoms with Crippen LogP contribution in [0.1, 0.15) is 31.2 Å². The molecule has 0 aliphatic heterocycles. The van der Waals surface area contributed by atoms with Crippen LogP contribution < -0.4 is 5.56 Å². The number of imidazole rings is 1. The minimum atomic E-state index is -0.363. The summed E-state index contributed by atoms with van der Waals surface area (Å²) in [5.41, 5.74) is 3.60. The molecule has 4 aromatic rings. The quantitative estimate of drug-likeness (QED) is 0.358. The van der Waals surface area contributed by atoms with Crippen LogP contribution in [0.3, 0.4) is 0 Å². The number of nitrogens with one attached hydrogen (secondary N) is 1. The van der Waals surface area contributed by atoms with Gasteiger partial charge < -0.3 is 9.55 Å². The Bertz CT molecular complexity index is 1260. The number of nitro benzene ring substituents is 1. The molecule has 1 N–H and O–H groups in total. The van der Waals surface area contributed by atoms with E-state index >= 15 is 0 Å². The highest BCUT2D eigenvalue weighted by Gasteiger charge is 2.15. The molecule has 0 amide bonds. The molecule has 30 heavy (non-hydrogen) atoms. The molecule has 0 bridgehead atoms. The summed E-state index contributed by atoms with van der Waals surface area (Å²) in [5, 5.41) is 11.3. The molecule has 0 aliphatic rings. The fraction of sp³-hybridized carbons (Fsp3) is 0.217. The summed E-state index contributed by atoms with van der Waals surface area (Å²) in [5.74, 6) is 0.895. The third kappa shape index (κ3) is 3.74. The fourth-order valence-electron chi connectivity index (χ4n) is 3.67. The Kier molecular flexibility index (Phi) is 5.43. The van der Waals surface area contributed by atoms with Crippen molar-refractivity contribution < 1.29 is 4.92 Å². The number of hydrogen-bond donors (Lipinski definition) is 1. The van der Waals surface area contributed by atoms with E-state index in [4.69, 9.17) is 0 Å². The number of benzene rings is 2. The Morgan fingerprint density at radius 2 is 1.87 bits per heavy atom. The number of rotatable bonds is 7. The molecule has 0 saturated carbocycles. The zero-order chi connectivity index (χ0) is 21.1. The van der Waals surface area contributed by atoms with Crippen LogP contribution >= 0.6 is 0 Å². The van der Waals surface area contributed by atoms with Gasteiger partial charge in [0, 0.05) is 25.2 Å². The molecule has 0 aliphatic carbocycles. The molecular formula is C23H22N4O3. The molecule has 0 radical (unpaired) electrons. The normalized spacial score (nSPS) is 11.1. The Labute approximate surface area is 173 Å². The van der Waals surface area contributed by atoms with Gasteiger partial charge in [-0.25, -0.2) is 4.98 Å². The van der Waals surface area contributed by atoms with E-state index in [-0.39, 0.29) is 16.2 Å². The molecule has 0 saturated heterocycles. The maximum atomic E-state index is 12.2. The van der Waals surface area contributed by atoms with Crippen LogP contribution in [-0.2, 0) is 13.0 Å². The standard InChI is InChI=1S/C23H22N4O3/c1-2-3-8-21-25-22-20(13-14-24-23(22)28)26(21)15-16-9-11-17(12-10-16)18-6-4-5-7-19(18)27(29)30/h4-7,9-14H,2-3,8,15H2,1H3,(H,24,28). The third-order valence-electron chi connectivity index (χ3n) is 5.22. The van der Waals surface area contributed by atoms with Crippen molar-refractivity contribution in [1.82, 2.24) is 14.5 Å².